The van der Waals surface area contributed by atoms with Crippen molar-refractivity contribution in [2.45, 2.75) is 65.0 Å². The van der Waals surface area contributed by atoms with E-state index in [0.717, 1.165) is 32.4 Å². The van der Waals surface area contributed by atoms with Crippen LogP contribution in [0, 0.1) is 5.92 Å². The van der Waals surface area contributed by atoms with E-state index in [1.54, 1.807) is 19.0 Å². The van der Waals surface area contributed by atoms with Gasteiger partial charge in [-0.05, 0) is 44.9 Å². The zero-order valence-electron chi connectivity index (χ0n) is 16.5. The first kappa shape index (κ1) is 24.4. The molecule has 2 N–H and O–H groups in total. The minimum Gasteiger partial charge on any atom is -0.376 e. The van der Waals surface area contributed by atoms with E-state index >= 15 is 0 Å². The second kappa shape index (κ2) is 13.6. The Kier molecular flexibility index (Phi) is 13.3. The van der Waals surface area contributed by atoms with Crippen molar-refractivity contribution >= 4 is 35.8 Å². The lowest BCUT2D eigenvalue weighted by Gasteiger charge is -2.25. The molecule has 0 bridgehead atoms. The van der Waals surface area contributed by atoms with Gasteiger partial charge in [-0.25, -0.2) is 4.99 Å². The van der Waals surface area contributed by atoms with Crippen LogP contribution < -0.4 is 10.6 Å². The number of rotatable bonds is 8. The normalized spacial score (nSPS) is 19.1. The van der Waals surface area contributed by atoms with Gasteiger partial charge < -0.3 is 20.3 Å². The number of amides is 1. The van der Waals surface area contributed by atoms with Crippen molar-refractivity contribution in [2.75, 3.05) is 33.8 Å². The maximum atomic E-state index is 11.8. The number of nitrogens with one attached hydrogen (secondary N) is 2. The number of nitrogens with zero attached hydrogens (tertiary/aromatic N) is 2. The van der Waals surface area contributed by atoms with E-state index in [1.807, 2.05) is 0 Å². The van der Waals surface area contributed by atoms with Gasteiger partial charge in [0.15, 0.2) is 5.96 Å². The summed E-state index contributed by atoms with van der Waals surface area (Å²) >= 11 is 0. The van der Waals surface area contributed by atoms with Crippen molar-refractivity contribution in [3.63, 3.8) is 0 Å². The fraction of sp³-hybridized carbons (Fsp3) is 0.889. The molecule has 1 amide bonds. The Balaban J connectivity index is 0.00000576. The molecule has 0 aromatic rings. The molecule has 0 spiro atoms. The van der Waals surface area contributed by atoms with Crippen LogP contribution in [0.15, 0.2) is 4.99 Å². The monoisotopic (exact) mass is 468 g/mol. The zero-order valence-corrected chi connectivity index (χ0v) is 18.8. The SMILES string of the molecule is CC(C)CCC(C)NC(=NCC(=O)N(C)C)NCC1CCCCO1.I. The standard InChI is InChI=1S/C18H36N4O2.HI/c1-14(2)9-10-15(3)21-18(20-13-17(23)22(4)5)19-12-16-8-6-7-11-24-16;/h14-16H,6-13H2,1-5H3,(H2,19,20,21);1H. The summed E-state index contributed by atoms with van der Waals surface area (Å²) in [5.74, 6) is 1.39. The Bertz CT molecular complexity index is 397. The lowest BCUT2D eigenvalue weighted by Crippen LogP contribution is -2.46. The molecular weight excluding hydrogens is 431 g/mol. The van der Waals surface area contributed by atoms with E-state index in [0.29, 0.717) is 17.9 Å². The minimum atomic E-state index is -0.000139. The van der Waals surface area contributed by atoms with Crippen molar-refractivity contribution in [2.24, 2.45) is 10.9 Å². The maximum Gasteiger partial charge on any atom is 0.243 e. The smallest absolute Gasteiger partial charge is 0.243 e. The van der Waals surface area contributed by atoms with Crippen LogP contribution in [0.2, 0.25) is 0 Å². The maximum absolute atomic E-state index is 11.8. The molecule has 148 valence electrons. The van der Waals surface area contributed by atoms with Crippen LogP contribution in [0.5, 0.6) is 0 Å². The molecule has 25 heavy (non-hydrogen) atoms. The Morgan fingerprint density at radius 2 is 1.96 bits per heavy atom. The molecule has 0 aromatic carbocycles. The Labute approximate surface area is 170 Å². The predicted molar refractivity (Wildman–Crippen MR) is 115 cm³/mol. The molecule has 7 heteroatoms. The van der Waals surface area contributed by atoms with E-state index in [1.165, 1.54) is 12.8 Å². The number of hydrogen-bond donors (Lipinski definition) is 2. The van der Waals surface area contributed by atoms with E-state index < -0.39 is 0 Å². The molecule has 1 saturated heterocycles. The summed E-state index contributed by atoms with van der Waals surface area (Å²) in [6, 6.07) is 0.320. The Morgan fingerprint density at radius 1 is 1.24 bits per heavy atom. The zero-order chi connectivity index (χ0) is 17.9. The highest BCUT2D eigenvalue weighted by atomic mass is 127. The highest BCUT2D eigenvalue weighted by Gasteiger charge is 2.15. The summed E-state index contributed by atoms with van der Waals surface area (Å²) in [4.78, 5) is 17.8. The van der Waals surface area contributed by atoms with E-state index in [2.05, 4.69) is 36.4 Å². The van der Waals surface area contributed by atoms with Crippen LogP contribution in [0.4, 0.5) is 0 Å². The molecule has 1 aliphatic heterocycles. The fourth-order valence-corrected chi connectivity index (χ4v) is 2.51. The van der Waals surface area contributed by atoms with Crippen molar-refractivity contribution < 1.29 is 9.53 Å². The second-order valence-corrected chi connectivity index (χ2v) is 7.34. The number of halogens is 1. The van der Waals surface area contributed by atoms with Crippen LogP contribution in [-0.2, 0) is 9.53 Å². The highest BCUT2D eigenvalue weighted by Crippen LogP contribution is 2.11. The van der Waals surface area contributed by atoms with Crippen molar-refractivity contribution in [3.05, 3.63) is 0 Å². The number of aliphatic imine (C=N–C) groups is 1. The Morgan fingerprint density at radius 3 is 2.52 bits per heavy atom. The van der Waals surface area contributed by atoms with Crippen LogP contribution in [-0.4, -0.2) is 62.7 Å². The lowest BCUT2D eigenvalue weighted by molar-refractivity contribution is -0.127. The first-order chi connectivity index (χ1) is 11.4. The van der Waals surface area contributed by atoms with E-state index in [9.17, 15) is 4.79 Å². The number of carbonyl (C=O) groups is 1. The summed E-state index contributed by atoms with van der Waals surface area (Å²) in [6.45, 7) is 8.36. The van der Waals surface area contributed by atoms with Crippen molar-refractivity contribution in [3.8, 4) is 0 Å². The van der Waals surface area contributed by atoms with Gasteiger partial charge >= 0.3 is 0 Å². The van der Waals surface area contributed by atoms with Gasteiger partial charge in [0.05, 0.1) is 6.10 Å². The van der Waals surface area contributed by atoms with E-state index in [-0.39, 0.29) is 42.5 Å². The number of carbonyl (C=O) groups excluding carboxylic acids is 1. The molecule has 1 aliphatic rings. The van der Waals surface area contributed by atoms with Crippen molar-refractivity contribution in [1.82, 2.24) is 15.5 Å². The first-order valence-corrected chi connectivity index (χ1v) is 9.25. The molecule has 0 radical (unpaired) electrons. The molecule has 2 atom stereocenters. The molecule has 2 unspecified atom stereocenters. The van der Waals surface area contributed by atoms with Crippen molar-refractivity contribution in [1.29, 1.82) is 0 Å². The topological polar surface area (TPSA) is 66.0 Å². The average molecular weight is 468 g/mol. The average Bonchev–Trinajstić information content (AvgIpc) is 2.55. The third-order valence-corrected chi connectivity index (χ3v) is 4.20. The summed E-state index contributed by atoms with van der Waals surface area (Å²) in [5.41, 5.74) is 0. The summed E-state index contributed by atoms with van der Waals surface area (Å²) in [5, 5.41) is 6.76. The van der Waals surface area contributed by atoms with Gasteiger partial charge in [-0.1, -0.05) is 13.8 Å². The van der Waals surface area contributed by atoms with Gasteiger partial charge in [-0.15, -0.1) is 24.0 Å². The van der Waals surface area contributed by atoms with Gasteiger partial charge in [0.2, 0.25) is 5.91 Å². The molecule has 1 fully saturated rings. The third-order valence-electron chi connectivity index (χ3n) is 4.20. The number of ether oxygens (including phenoxy) is 1. The van der Waals surface area contributed by atoms with Crippen LogP contribution in [0.3, 0.4) is 0 Å². The molecule has 6 nitrogen and oxygen atoms in total. The fourth-order valence-electron chi connectivity index (χ4n) is 2.51. The van der Waals surface area contributed by atoms with Crippen LogP contribution in [0.25, 0.3) is 0 Å². The molecule has 0 aliphatic carbocycles. The number of hydrogen-bond acceptors (Lipinski definition) is 3. The minimum absolute atomic E-state index is 0. The van der Waals surface area contributed by atoms with Gasteiger partial charge in [0, 0.05) is 33.3 Å². The van der Waals surface area contributed by atoms with Gasteiger partial charge in [0.25, 0.3) is 0 Å². The van der Waals surface area contributed by atoms with Gasteiger partial charge in [-0.2, -0.15) is 0 Å². The quantitative estimate of drug-likeness (QED) is 0.327. The number of guanidine groups is 1. The van der Waals surface area contributed by atoms with Gasteiger partial charge in [0.1, 0.15) is 6.54 Å². The van der Waals surface area contributed by atoms with Crippen LogP contribution in [0.1, 0.15) is 52.9 Å². The van der Waals surface area contributed by atoms with Crippen LogP contribution >= 0.6 is 24.0 Å². The third kappa shape index (κ3) is 11.6. The summed E-state index contributed by atoms with van der Waals surface area (Å²) in [7, 11) is 3.50. The first-order valence-electron chi connectivity index (χ1n) is 9.25. The highest BCUT2D eigenvalue weighted by molar-refractivity contribution is 14.0. The lowest BCUT2D eigenvalue weighted by atomic mass is 10.0. The molecule has 0 saturated carbocycles. The largest absolute Gasteiger partial charge is 0.376 e. The van der Waals surface area contributed by atoms with Gasteiger partial charge in [-0.3, -0.25) is 4.79 Å². The Hall–Kier alpha value is -0.570. The number of likely N-dealkylation sites (N-methyl/N-ethyl adjacent to an activating group) is 1. The second-order valence-electron chi connectivity index (χ2n) is 7.34. The summed E-state index contributed by atoms with van der Waals surface area (Å²) in [6.07, 6.45) is 5.94. The molecular formula is C18H37IN4O2. The predicted octanol–water partition coefficient (Wildman–Crippen LogP) is 2.62. The molecule has 0 aromatic heterocycles. The molecule has 1 rings (SSSR count). The summed E-state index contributed by atoms with van der Waals surface area (Å²) < 4.78 is 5.76. The van der Waals surface area contributed by atoms with E-state index in [4.69, 9.17) is 4.74 Å². The molecule has 1 heterocycles.